The number of aromatic nitrogens is 2. The second-order valence-electron chi connectivity index (χ2n) is 5.02. The maximum Gasteiger partial charge on any atom is 0.176 e. The van der Waals surface area contributed by atoms with E-state index in [9.17, 15) is 4.79 Å². The lowest BCUT2D eigenvalue weighted by molar-refractivity contribution is 0.0985. The molecule has 2 aromatic rings. The minimum atomic E-state index is -0.0710. The Morgan fingerprint density at radius 3 is 2.29 bits per heavy atom. The summed E-state index contributed by atoms with van der Waals surface area (Å²) in [4.78, 5) is 12.5. The van der Waals surface area contributed by atoms with Gasteiger partial charge in [-0.2, -0.15) is 5.10 Å². The third kappa shape index (κ3) is 3.24. The molecule has 0 aliphatic rings. The Morgan fingerprint density at radius 2 is 1.81 bits per heavy atom. The first-order chi connectivity index (χ1) is 10.1. The monoisotopic (exact) mass is 288 g/mol. The third-order valence-corrected chi connectivity index (χ3v) is 3.24. The van der Waals surface area contributed by atoms with Gasteiger partial charge in [0.05, 0.1) is 26.3 Å². The molecule has 2 rings (SSSR count). The standard InChI is InChI=1S/C16H20N2O3/c1-11(2)18-9-8-12(17-18)10-13(19)16-14(20-3)6-5-7-15(16)21-4/h5-9,11H,10H2,1-4H3. The number of Topliss-reactive ketones (excluding diaryl/α,β-unsaturated/α-hetero) is 1. The highest BCUT2D eigenvalue weighted by Gasteiger charge is 2.19. The minimum Gasteiger partial charge on any atom is -0.496 e. The van der Waals surface area contributed by atoms with Crippen molar-refractivity contribution in [2.24, 2.45) is 0 Å². The largest absolute Gasteiger partial charge is 0.496 e. The molecule has 0 amide bonds. The number of benzene rings is 1. The van der Waals surface area contributed by atoms with Gasteiger partial charge in [0.1, 0.15) is 17.1 Å². The summed E-state index contributed by atoms with van der Waals surface area (Å²) < 4.78 is 12.4. The molecule has 5 nitrogen and oxygen atoms in total. The highest BCUT2D eigenvalue weighted by Crippen LogP contribution is 2.29. The Balaban J connectivity index is 2.27. The smallest absolute Gasteiger partial charge is 0.176 e. The van der Waals surface area contributed by atoms with E-state index in [1.165, 1.54) is 0 Å². The SMILES string of the molecule is COc1cccc(OC)c1C(=O)Cc1ccn(C(C)C)n1. The van der Waals surface area contributed by atoms with Crippen LogP contribution in [0.5, 0.6) is 11.5 Å². The van der Waals surface area contributed by atoms with E-state index in [2.05, 4.69) is 5.10 Å². The van der Waals surface area contributed by atoms with E-state index in [0.717, 1.165) is 5.69 Å². The fraction of sp³-hybridized carbons (Fsp3) is 0.375. The normalized spacial score (nSPS) is 10.7. The molecule has 0 fully saturated rings. The second-order valence-corrected chi connectivity index (χ2v) is 5.02. The van der Waals surface area contributed by atoms with Crippen molar-refractivity contribution in [2.45, 2.75) is 26.3 Å². The number of rotatable bonds is 6. The average molecular weight is 288 g/mol. The first kappa shape index (κ1) is 15.1. The Labute approximate surface area is 124 Å². The van der Waals surface area contributed by atoms with E-state index >= 15 is 0 Å². The molecule has 0 N–H and O–H groups in total. The number of ether oxygens (including phenoxy) is 2. The molecule has 1 aromatic carbocycles. The van der Waals surface area contributed by atoms with Crippen LogP contribution in [-0.2, 0) is 6.42 Å². The topological polar surface area (TPSA) is 53.4 Å². The summed E-state index contributed by atoms with van der Waals surface area (Å²) in [6.45, 7) is 4.09. The van der Waals surface area contributed by atoms with Crippen LogP contribution in [0.2, 0.25) is 0 Å². The predicted octanol–water partition coefficient (Wildman–Crippen LogP) is 2.91. The van der Waals surface area contributed by atoms with E-state index in [-0.39, 0.29) is 18.2 Å². The quantitative estimate of drug-likeness (QED) is 0.767. The van der Waals surface area contributed by atoms with Crippen LogP contribution in [0.3, 0.4) is 0 Å². The molecule has 0 unspecified atom stereocenters. The molecule has 0 atom stereocenters. The molecule has 0 saturated carbocycles. The van der Waals surface area contributed by atoms with Gasteiger partial charge in [-0.25, -0.2) is 0 Å². The summed E-state index contributed by atoms with van der Waals surface area (Å²) in [5.74, 6) is 0.962. The number of ketones is 1. The molecule has 1 heterocycles. The summed E-state index contributed by atoms with van der Waals surface area (Å²) >= 11 is 0. The van der Waals surface area contributed by atoms with Crippen LogP contribution in [-0.4, -0.2) is 29.8 Å². The highest BCUT2D eigenvalue weighted by atomic mass is 16.5. The van der Waals surface area contributed by atoms with Crippen LogP contribution in [0, 0.1) is 0 Å². The summed E-state index contributed by atoms with van der Waals surface area (Å²) in [7, 11) is 3.08. The summed E-state index contributed by atoms with van der Waals surface area (Å²) in [5, 5.41) is 4.40. The lowest BCUT2D eigenvalue weighted by Gasteiger charge is -2.11. The Kier molecular flexibility index (Phi) is 4.62. The molecule has 21 heavy (non-hydrogen) atoms. The van der Waals surface area contributed by atoms with E-state index in [0.29, 0.717) is 17.1 Å². The Bertz CT molecular complexity index is 610. The second kappa shape index (κ2) is 6.43. The molecule has 5 heteroatoms. The molecule has 0 aliphatic carbocycles. The van der Waals surface area contributed by atoms with Gasteiger partial charge in [-0.1, -0.05) is 6.07 Å². The number of methoxy groups -OCH3 is 2. The molecular weight excluding hydrogens is 268 g/mol. The van der Waals surface area contributed by atoms with Gasteiger partial charge in [-0.05, 0) is 32.0 Å². The van der Waals surface area contributed by atoms with Gasteiger partial charge in [0, 0.05) is 12.2 Å². The zero-order valence-corrected chi connectivity index (χ0v) is 12.8. The fourth-order valence-electron chi connectivity index (χ4n) is 2.14. The van der Waals surface area contributed by atoms with Gasteiger partial charge in [0.2, 0.25) is 0 Å². The van der Waals surface area contributed by atoms with E-state index in [4.69, 9.17) is 9.47 Å². The van der Waals surface area contributed by atoms with Crippen molar-refractivity contribution < 1.29 is 14.3 Å². The average Bonchev–Trinajstić information content (AvgIpc) is 2.94. The van der Waals surface area contributed by atoms with Gasteiger partial charge in [0.15, 0.2) is 5.78 Å². The van der Waals surface area contributed by atoms with Crippen LogP contribution >= 0.6 is 0 Å². The van der Waals surface area contributed by atoms with Crippen LogP contribution in [0.1, 0.15) is 35.9 Å². The highest BCUT2D eigenvalue weighted by molar-refractivity contribution is 6.02. The molecule has 0 radical (unpaired) electrons. The van der Waals surface area contributed by atoms with E-state index in [1.54, 1.807) is 32.4 Å². The van der Waals surface area contributed by atoms with E-state index in [1.807, 2.05) is 30.8 Å². The fourth-order valence-corrected chi connectivity index (χ4v) is 2.14. The van der Waals surface area contributed by atoms with Crippen molar-refractivity contribution in [3.63, 3.8) is 0 Å². The lowest BCUT2D eigenvalue weighted by atomic mass is 10.0. The van der Waals surface area contributed by atoms with Gasteiger partial charge < -0.3 is 9.47 Å². The zero-order valence-electron chi connectivity index (χ0n) is 12.8. The molecule has 0 spiro atoms. The number of carbonyl (C=O) groups is 1. The Morgan fingerprint density at radius 1 is 1.19 bits per heavy atom. The van der Waals surface area contributed by atoms with Crippen LogP contribution in [0.4, 0.5) is 0 Å². The third-order valence-electron chi connectivity index (χ3n) is 3.24. The molecule has 1 aromatic heterocycles. The van der Waals surface area contributed by atoms with Crippen molar-refractivity contribution in [2.75, 3.05) is 14.2 Å². The molecule has 0 bridgehead atoms. The van der Waals surface area contributed by atoms with Crippen molar-refractivity contribution in [3.05, 3.63) is 41.7 Å². The maximum atomic E-state index is 12.5. The van der Waals surface area contributed by atoms with E-state index < -0.39 is 0 Å². The predicted molar refractivity (Wildman–Crippen MR) is 80.2 cm³/mol. The van der Waals surface area contributed by atoms with Crippen molar-refractivity contribution in [1.29, 1.82) is 0 Å². The van der Waals surface area contributed by atoms with Gasteiger partial charge >= 0.3 is 0 Å². The lowest BCUT2D eigenvalue weighted by Crippen LogP contribution is -2.09. The van der Waals surface area contributed by atoms with Gasteiger partial charge in [0.25, 0.3) is 0 Å². The molecule has 0 saturated heterocycles. The molecule has 0 aliphatic heterocycles. The van der Waals surface area contributed by atoms with Crippen LogP contribution in [0.25, 0.3) is 0 Å². The number of hydrogen-bond acceptors (Lipinski definition) is 4. The van der Waals surface area contributed by atoms with Crippen molar-refractivity contribution in [3.8, 4) is 11.5 Å². The number of nitrogens with zero attached hydrogens (tertiary/aromatic N) is 2. The summed E-state index contributed by atoms with van der Waals surface area (Å²) in [6, 6.07) is 7.43. The first-order valence-corrected chi connectivity index (χ1v) is 6.85. The molecular formula is C16H20N2O3. The molecule has 112 valence electrons. The van der Waals surface area contributed by atoms with Crippen LogP contribution in [0.15, 0.2) is 30.5 Å². The van der Waals surface area contributed by atoms with Gasteiger partial charge in [-0.3, -0.25) is 9.48 Å². The summed E-state index contributed by atoms with van der Waals surface area (Å²) in [5.41, 5.74) is 1.20. The number of hydrogen-bond donors (Lipinski definition) is 0. The van der Waals surface area contributed by atoms with Gasteiger partial charge in [-0.15, -0.1) is 0 Å². The minimum absolute atomic E-state index is 0.0710. The first-order valence-electron chi connectivity index (χ1n) is 6.85. The Hall–Kier alpha value is -2.30. The van der Waals surface area contributed by atoms with Crippen LogP contribution < -0.4 is 9.47 Å². The zero-order chi connectivity index (χ0) is 15.4. The summed E-state index contributed by atoms with van der Waals surface area (Å²) in [6.07, 6.45) is 2.10. The maximum absolute atomic E-state index is 12.5. The van der Waals surface area contributed by atoms with Crippen molar-refractivity contribution in [1.82, 2.24) is 9.78 Å². The van der Waals surface area contributed by atoms with Crippen molar-refractivity contribution >= 4 is 5.78 Å². The number of carbonyl (C=O) groups excluding carboxylic acids is 1.